The summed E-state index contributed by atoms with van der Waals surface area (Å²) in [6.07, 6.45) is 4.55. The van der Waals surface area contributed by atoms with Crippen LogP contribution in [-0.2, 0) is 14.6 Å². The summed E-state index contributed by atoms with van der Waals surface area (Å²) in [5.74, 6) is -0.185. The molecule has 6 heteroatoms. The van der Waals surface area contributed by atoms with Crippen LogP contribution < -0.4 is 0 Å². The van der Waals surface area contributed by atoms with E-state index in [1.165, 1.54) is 0 Å². The third kappa shape index (κ3) is 19.6. The second-order valence-electron chi connectivity index (χ2n) is 7.53. The zero-order chi connectivity index (χ0) is 20.5. The molecule has 0 heterocycles. The molecule has 158 valence electrons. The van der Waals surface area contributed by atoms with Gasteiger partial charge >= 0.3 is 5.97 Å². The van der Waals surface area contributed by atoms with E-state index in [-0.39, 0.29) is 30.0 Å². The first-order valence-corrected chi connectivity index (χ1v) is 9.97. The van der Waals surface area contributed by atoms with Crippen LogP contribution in [0.5, 0.6) is 0 Å². The van der Waals surface area contributed by atoms with Gasteiger partial charge in [-0.25, -0.2) is 9.78 Å². The van der Waals surface area contributed by atoms with E-state index in [2.05, 4.69) is 6.92 Å². The van der Waals surface area contributed by atoms with E-state index >= 15 is 0 Å². The average molecular weight is 379 g/mol. The first kappa shape index (κ1) is 27.5. The molecular weight excluding hydrogens is 336 g/mol. The monoisotopic (exact) mass is 378 g/mol. The standard InChI is InChI=1S/C12H26O4.C8H16O2/c1-9(5-11(3)13)7-15-16-8-10(2)6-12(4)14;1-3-5-6-7(4-2)8(9)10/h9-14H,5-8H2,1-4H3;7H,3-6H2,1-2H3,(H,9,10). The lowest BCUT2D eigenvalue weighted by Gasteiger charge is -2.15. The third-order valence-corrected chi connectivity index (χ3v) is 4.02. The summed E-state index contributed by atoms with van der Waals surface area (Å²) in [6, 6.07) is 0. The fourth-order valence-electron chi connectivity index (χ4n) is 2.58. The van der Waals surface area contributed by atoms with E-state index in [0.29, 0.717) is 26.1 Å². The van der Waals surface area contributed by atoms with Crippen molar-refractivity contribution in [1.82, 2.24) is 0 Å². The van der Waals surface area contributed by atoms with Gasteiger partial charge in [-0.2, -0.15) is 0 Å². The molecule has 26 heavy (non-hydrogen) atoms. The van der Waals surface area contributed by atoms with Crippen molar-refractivity contribution >= 4 is 5.97 Å². The molecule has 0 aliphatic heterocycles. The maximum absolute atomic E-state index is 10.4. The van der Waals surface area contributed by atoms with Gasteiger partial charge in [0.2, 0.25) is 0 Å². The maximum Gasteiger partial charge on any atom is 0.306 e. The molecule has 0 aromatic carbocycles. The highest BCUT2D eigenvalue weighted by molar-refractivity contribution is 5.69. The Labute approximate surface area is 159 Å². The number of rotatable bonds is 14. The van der Waals surface area contributed by atoms with Gasteiger partial charge in [-0.05, 0) is 51.4 Å². The Balaban J connectivity index is 0. The molecule has 0 spiro atoms. The Kier molecular flexibility index (Phi) is 18.8. The van der Waals surface area contributed by atoms with Crippen molar-refractivity contribution in [2.45, 2.75) is 92.3 Å². The molecule has 0 rings (SSSR count). The van der Waals surface area contributed by atoms with Gasteiger partial charge in [0.05, 0.1) is 31.3 Å². The quantitative estimate of drug-likeness (QED) is 0.240. The van der Waals surface area contributed by atoms with Crippen LogP contribution in [0.2, 0.25) is 0 Å². The molecule has 5 unspecified atom stereocenters. The third-order valence-electron chi connectivity index (χ3n) is 4.02. The second-order valence-corrected chi connectivity index (χ2v) is 7.53. The van der Waals surface area contributed by atoms with Gasteiger partial charge in [-0.3, -0.25) is 4.79 Å². The lowest BCUT2D eigenvalue weighted by molar-refractivity contribution is -0.307. The van der Waals surface area contributed by atoms with Crippen molar-refractivity contribution in [3.05, 3.63) is 0 Å². The highest BCUT2D eigenvalue weighted by Gasteiger charge is 2.13. The lowest BCUT2D eigenvalue weighted by atomic mass is 10.00. The molecule has 0 aromatic rings. The zero-order valence-corrected chi connectivity index (χ0v) is 17.6. The van der Waals surface area contributed by atoms with Crippen LogP contribution in [-0.4, -0.2) is 46.7 Å². The summed E-state index contributed by atoms with van der Waals surface area (Å²) in [6.45, 7) is 12.5. The molecule has 0 saturated carbocycles. The normalized spacial score (nSPS) is 16.8. The molecule has 0 aromatic heterocycles. The average Bonchev–Trinajstić information content (AvgIpc) is 2.51. The lowest BCUT2D eigenvalue weighted by Crippen LogP contribution is -2.16. The van der Waals surface area contributed by atoms with Crippen LogP contribution in [0.25, 0.3) is 0 Å². The molecule has 6 nitrogen and oxygen atoms in total. The van der Waals surface area contributed by atoms with Crippen molar-refractivity contribution in [2.24, 2.45) is 17.8 Å². The van der Waals surface area contributed by atoms with Gasteiger partial charge < -0.3 is 15.3 Å². The Bertz CT molecular complexity index is 301. The molecule has 3 N–H and O–H groups in total. The SMILES string of the molecule is CC(O)CC(C)COOCC(C)CC(C)O.CCCCC(CC)C(=O)O. The fraction of sp³-hybridized carbons (Fsp3) is 0.950. The number of carboxylic acids is 1. The number of aliphatic carboxylic acids is 1. The topological polar surface area (TPSA) is 96.2 Å². The summed E-state index contributed by atoms with van der Waals surface area (Å²) in [4.78, 5) is 20.5. The predicted molar refractivity (Wildman–Crippen MR) is 104 cm³/mol. The molecule has 0 aliphatic carbocycles. The number of unbranched alkanes of at least 4 members (excludes halogenated alkanes) is 1. The van der Waals surface area contributed by atoms with Gasteiger partial charge in [0.25, 0.3) is 0 Å². The largest absolute Gasteiger partial charge is 0.481 e. The molecule has 0 aliphatic rings. The minimum absolute atomic E-state index is 0.111. The van der Waals surface area contributed by atoms with Gasteiger partial charge in [0.15, 0.2) is 0 Å². The van der Waals surface area contributed by atoms with Crippen LogP contribution in [0.3, 0.4) is 0 Å². The summed E-state index contributed by atoms with van der Waals surface area (Å²) >= 11 is 0. The molecular formula is C20H42O6. The molecule has 0 saturated heterocycles. The van der Waals surface area contributed by atoms with Crippen LogP contribution in [0.4, 0.5) is 0 Å². The van der Waals surface area contributed by atoms with Gasteiger partial charge in [0.1, 0.15) is 0 Å². The van der Waals surface area contributed by atoms with Crippen LogP contribution in [0, 0.1) is 17.8 Å². The van der Waals surface area contributed by atoms with Crippen molar-refractivity contribution < 1.29 is 29.9 Å². The van der Waals surface area contributed by atoms with Crippen molar-refractivity contribution in [3.8, 4) is 0 Å². The molecule has 0 radical (unpaired) electrons. The second kappa shape index (κ2) is 17.7. The first-order valence-electron chi connectivity index (χ1n) is 9.97. The van der Waals surface area contributed by atoms with Crippen molar-refractivity contribution in [3.63, 3.8) is 0 Å². The predicted octanol–water partition coefficient (Wildman–Crippen LogP) is 4.04. The Morgan fingerprint density at radius 3 is 1.58 bits per heavy atom. The highest BCUT2D eigenvalue weighted by Crippen LogP contribution is 2.12. The van der Waals surface area contributed by atoms with E-state index in [1.54, 1.807) is 13.8 Å². The number of carboxylic acid groups (broad SMARTS) is 1. The Hall–Kier alpha value is -0.690. The molecule has 0 bridgehead atoms. The molecule has 0 fully saturated rings. The Morgan fingerprint density at radius 2 is 1.31 bits per heavy atom. The zero-order valence-electron chi connectivity index (χ0n) is 17.6. The number of aliphatic hydroxyl groups excluding tert-OH is 2. The van der Waals surface area contributed by atoms with E-state index in [4.69, 9.17) is 25.1 Å². The van der Waals surface area contributed by atoms with Crippen LogP contribution >= 0.6 is 0 Å². The number of hydrogen-bond acceptors (Lipinski definition) is 5. The van der Waals surface area contributed by atoms with Gasteiger partial charge in [-0.1, -0.05) is 40.5 Å². The first-order chi connectivity index (χ1) is 12.1. The van der Waals surface area contributed by atoms with E-state index in [9.17, 15) is 4.79 Å². The van der Waals surface area contributed by atoms with Crippen LogP contribution in [0.1, 0.15) is 80.1 Å². The number of carbonyl (C=O) groups is 1. The van der Waals surface area contributed by atoms with Gasteiger partial charge in [-0.15, -0.1) is 0 Å². The number of aliphatic hydroxyl groups is 2. The summed E-state index contributed by atoms with van der Waals surface area (Å²) in [7, 11) is 0. The van der Waals surface area contributed by atoms with Gasteiger partial charge in [0, 0.05) is 0 Å². The van der Waals surface area contributed by atoms with E-state index in [0.717, 1.165) is 25.7 Å². The smallest absolute Gasteiger partial charge is 0.306 e. The van der Waals surface area contributed by atoms with E-state index < -0.39 is 5.97 Å². The minimum Gasteiger partial charge on any atom is -0.481 e. The van der Waals surface area contributed by atoms with Crippen LogP contribution in [0.15, 0.2) is 0 Å². The highest BCUT2D eigenvalue weighted by atomic mass is 17.2. The van der Waals surface area contributed by atoms with E-state index in [1.807, 2.05) is 20.8 Å². The Morgan fingerprint density at radius 1 is 0.885 bits per heavy atom. The summed E-state index contributed by atoms with van der Waals surface area (Å²) in [5.41, 5.74) is 0. The number of hydrogen-bond donors (Lipinski definition) is 3. The van der Waals surface area contributed by atoms with Crippen molar-refractivity contribution in [1.29, 1.82) is 0 Å². The molecule has 5 atom stereocenters. The minimum atomic E-state index is -0.643. The summed E-state index contributed by atoms with van der Waals surface area (Å²) < 4.78 is 0. The maximum atomic E-state index is 10.4. The summed E-state index contributed by atoms with van der Waals surface area (Å²) in [5, 5.41) is 26.9. The van der Waals surface area contributed by atoms with Crippen molar-refractivity contribution in [2.75, 3.05) is 13.2 Å². The fourth-order valence-corrected chi connectivity index (χ4v) is 2.58. The molecule has 0 amide bonds.